The zero-order valence-corrected chi connectivity index (χ0v) is 18.4. The molecule has 3 aromatic rings. The van der Waals surface area contributed by atoms with Crippen LogP contribution in [-0.2, 0) is 6.18 Å². The van der Waals surface area contributed by atoms with Gasteiger partial charge in [0.1, 0.15) is 0 Å². The molecule has 0 amide bonds. The average Bonchev–Trinajstić information content (AvgIpc) is 3.24. The fourth-order valence-electron chi connectivity index (χ4n) is 4.40. The molecule has 1 aliphatic rings. The van der Waals surface area contributed by atoms with Crippen molar-refractivity contribution in [3.63, 3.8) is 0 Å². The summed E-state index contributed by atoms with van der Waals surface area (Å²) in [7, 11) is 0. The lowest BCUT2D eigenvalue weighted by Gasteiger charge is -2.27. The number of pyridine rings is 1. The maximum absolute atomic E-state index is 13.3. The van der Waals surface area contributed by atoms with E-state index in [0.717, 1.165) is 34.8 Å². The minimum Gasteiger partial charge on any atom is -0.395 e. The van der Waals surface area contributed by atoms with Crippen LogP contribution in [0.4, 0.5) is 13.2 Å². The van der Waals surface area contributed by atoms with E-state index in [1.807, 2.05) is 47.6 Å². The van der Waals surface area contributed by atoms with Crippen molar-refractivity contribution >= 4 is 17.3 Å². The van der Waals surface area contributed by atoms with E-state index in [-0.39, 0.29) is 18.7 Å². The summed E-state index contributed by atoms with van der Waals surface area (Å²) in [6.07, 6.45) is -2.71. The predicted octanol–water partition coefficient (Wildman–Crippen LogP) is 4.47. The van der Waals surface area contributed by atoms with Crippen LogP contribution in [0.5, 0.6) is 0 Å². The minimum absolute atomic E-state index is 0.0837. The van der Waals surface area contributed by atoms with Gasteiger partial charge in [-0.1, -0.05) is 12.1 Å². The number of rotatable bonds is 5. The Balaban J connectivity index is 1.83. The number of aliphatic hydroxyl groups excluding tert-OH is 1. The van der Waals surface area contributed by atoms with E-state index in [0.29, 0.717) is 17.3 Å². The number of hydrogen-bond acceptors (Lipinski definition) is 3. The molecule has 1 aromatic carbocycles. The fourth-order valence-corrected chi connectivity index (χ4v) is 4.73. The molecule has 2 aromatic heterocycles. The van der Waals surface area contributed by atoms with E-state index in [1.165, 1.54) is 6.07 Å². The van der Waals surface area contributed by atoms with Gasteiger partial charge < -0.3 is 19.9 Å². The molecule has 0 unspecified atom stereocenters. The van der Waals surface area contributed by atoms with Gasteiger partial charge in [0.05, 0.1) is 29.9 Å². The highest BCUT2D eigenvalue weighted by Crippen LogP contribution is 2.41. The number of alkyl halides is 3. The van der Waals surface area contributed by atoms with Gasteiger partial charge in [-0.3, -0.25) is 4.98 Å². The summed E-state index contributed by atoms with van der Waals surface area (Å²) in [6, 6.07) is 12.4. The van der Waals surface area contributed by atoms with Crippen LogP contribution in [0.15, 0.2) is 54.7 Å². The number of β-amino-alcohol motifs (C(OH)–C–C–N with tert-alkyl or cyclic N) is 1. The Hall–Kier alpha value is -2.91. The molecule has 9 heteroatoms. The number of aryl methyl sites for hydroxylation is 1. The summed E-state index contributed by atoms with van der Waals surface area (Å²) in [5, 5.41) is 13.4. The fraction of sp³-hybridized carbons (Fsp3) is 0.304. The third kappa shape index (κ3) is 3.98. The van der Waals surface area contributed by atoms with E-state index >= 15 is 0 Å². The Kier molecular flexibility index (Phi) is 5.96. The minimum atomic E-state index is -4.42. The SMILES string of the molecule is Cc1cc([C@@H]2[C@H](c3ccccn3)NC(=S)N2CCO)c(C)n1-c1cccc(C(F)(F)F)c1. The highest BCUT2D eigenvalue weighted by Gasteiger charge is 2.41. The first-order valence-corrected chi connectivity index (χ1v) is 10.6. The van der Waals surface area contributed by atoms with Gasteiger partial charge in [0.15, 0.2) is 5.11 Å². The van der Waals surface area contributed by atoms with Gasteiger partial charge in [-0.15, -0.1) is 0 Å². The first-order chi connectivity index (χ1) is 15.2. The number of thiocarbonyl (C=S) groups is 1. The van der Waals surface area contributed by atoms with Crippen molar-refractivity contribution in [1.29, 1.82) is 0 Å². The number of halogens is 3. The lowest BCUT2D eigenvalue weighted by atomic mass is 9.97. The van der Waals surface area contributed by atoms with Crippen molar-refractivity contribution < 1.29 is 18.3 Å². The maximum atomic E-state index is 13.3. The molecule has 168 valence electrons. The van der Waals surface area contributed by atoms with Crippen molar-refractivity contribution in [3.05, 3.63) is 82.9 Å². The molecule has 2 atom stereocenters. The van der Waals surface area contributed by atoms with E-state index in [1.54, 1.807) is 12.3 Å². The molecule has 0 radical (unpaired) electrons. The van der Waals surface area contributed by atoms with Gasteiger partial charge >= 0.3 is 6.18 Å². The molecule has 1 aliphatic heterocycles. The quantitative estimate of drug-likeness (QED) is 0.550. The van der Waals surface area contributed by atoms with Gasteiger partial charge in [0.25, 0.3) is 0 Å². The zero-order valence-electron chi connectivity index (χ0n) is 17.6. The maximum Gasteiger partial charge on any atom is 0.416 e. The van der Waals surface area contributed by atoms with Crippen LogP contribution >= 0.6 is 12.2 Å². The smallest absolute Gasteiger partial charge is 0.395 e. The monoisotopic (exact) mass is 460 g/mol. The highest BCUT2D eigenvalue weighted by atomic mass is 32.1. The topological polar surface area (TPSA) is 53.3 Å². The summed E-state index contributed by atoms with van der Waals surface area (Å²) in [6.45, 7) is 3.99. The summed E-state index contributed by atoms with van der Waals surface area (Å²) in [4.78, 5) is 6.39. The summed E-state index contributed by atoms with van der Waals surface area (Å²) >= 11 is 5.54. The third-order valence-electron chi connectivity index (χ3n) is 5.76. The number of hydrogen-bond donors (Lipinski definition) is 2. The van der Waals surface area contributed by atoms with E-state index in [4.69, 9.17) is 12.2 Å². The summed E-state index contributed by atoms with van der Waals surface area (Å²) in [5.74, 6) is 0. The van der Waals surface area contributed by atoms with Crippen molar-refractivity contribution in [1.82, 2.24) is 19.8 Å². The van der Waals surface area contributed by atoms with Crippen LogP contribution in [0.1, 0.15) is 40.3 Å². The van der Waals surface area contributed by atoms with Crippen LogP contribution in [0.3, 0.4) is 0 Å². The molecule has 3 heterocycles. The molecule has 0 bridgehead atoms. The molecule has 0 aliphatic carbocycles. The molecule has 0 spiro atoms. The second-order valence-electron chi connectivity index (χ2n) is 7.75. The van der Waals surface area contributed by atoms with Crippen LogP contribution in [0, 0.1) is 13.8 Å². The van der Waals surface area contributed by atoms with Gasteiger partial charge in [-0.25, -0.2) is 0 Å². The Labute approximate surface area is 189 Å². The van der Waals surface area contributed by atoms with E-state index in [9.17, 15) is 18.3 Å². The van der Waals surface area contributed by atoms with Crippen molar-refractivity contribution in [2.45, 2.75) is 32.1 Å². The summed E-state index contributed by atoms with van der Waals surface area (Å²) < 4.78 is 41.7. The number of benzene rings is 1. The molecule has 4 rings (SSSR count). The van der Waals surface area contributed by atoms with Crippen LogP contribution in [0.25, 0.3) is 5.69 Å². The molecule has 1 fully saturated rings. The normalized spacial score (nSPS) is 18.8. The molecular weight excluding hydrogens is 437 g/mol. The first kappa shape index (κ1) is 22.3. The number of aromatic nitrogens is 2. The van der Waals surface area contributed by atoms with Crippen LogP contribution < -0.4 is 5.32 Å². The molecule has 2 N–H and O–H groups in total. The summed E-state index contributed by atoms with van der Waals surface area (Å²) in [5.41, 5.74) is 3.07. The Morgan fingerprint density at radius 1 is 1.12 bits per heavy atom. The van der Waals surface area contributed by atoms with Crippen molar-refractivity contribution in [2.75, 3.05) is 13.2 Å². The van der Waals surface area contributed by atoms with Gasteiger partial charge in [0, 0.05) is 29.8 Å². The van der Waals surface area contributed by atoms with Gasteiger partial charge in [-0.05, 0) is 68.0 Å². The Morgan fingerprint density at radius 2 is 1.91 bits per heavy atom. The predicted molar refractivity (Wildman–Crippen MR) is 119 cm³/mol. The largest absolute Gasteiger partial charge is 0.416 e. The molecule has 1 saturated heterocycles. The lowest BCUT2D eigenvalue weighted by molar-refractivity contribution is -0.137. The van der Waals surface area contributed by atoms with Crippen LogP contribution in [-0.4, -0.2) is 37.8 Å². The highest BCUT2D eigenvalue weighted by molar-refractivity contribution is 7.80. The number of nitrogens with one attached hydrogen (secondary N) is 1. The van der Waals surface area contributed by atoms with Crippen molar-refractivity contribution in [2.24, 2.45) is 0 Å². The second-order valence-corrected chi connectivity index (χ2v) is 8.14. The number of aliphatic hydroxyl groups is 1. The zero-order chi connectivity index (χ0) is 23.0. The van der Waals surface area contributed by atoms with Crippen LogP contribution in [0.2, 0.25) is 0 Å². The average molecular weight is 461 g/mol. The van der Waals surface area contributed by atoms with E-state index in [2.05, 4.69) is 10.3 Å². The third-order valence-corrected chi connectivity index (χ3v) is 6.11. The first-order valence-electron chi connectivity index (χ1n) is 10.2. The lowest BCUT2D eigenvalue weighted by Crippen LogP contribution is -2.32. The second kappa shape index (κ2) is 8.55. The van der Waals surface area contributed by atoms with E-state index < -0.39 is 11.7 Å². The Morgan fingerprint density at radius 3 is 2.56 bits per heavy atom. The molecule has 5 nitrogen and oxygen atoms in total. The molecular formula is C23H23F3N4OS. The molecule has 0 saturated carbocycles. The number of nitrogens with zero attached hydrogens (tertiary/aromatic N) is 3. The molecule has 32 heavy (non-hydrogen) atoms. The van der Waals surface area contributed by atoms with Crippen molar-refractivity contribution in [3.8, 4) is 5.69 Å². The van der Waals surface area contributed by atoms with Gasteiger partial charge in [0.2, 0.25) is 0 Å². The standard InChI is InChI=1S/C23H23F3N4OS/c1-14-12-18(15(2)30(14)17-7-5-6-16(13-17)23(24,25)26)21-20(19-8-3-4-9-27-19)28-22(32)29(21)10-11-31/h3-9,12-13,20-21,31H,10-11H2,1-2H3,(H,28,32)/t20-,21+/m0/s1. The van der Waals surface area contributed by atoms with Gasteiger partial charge in [-0.2, -0.15) is 13.2 Å². The Bertz CT molecular complexity index is 1130.